The molecule has 21 heavy (non-hydrogen) atoms. The van der Waals surface area contributed by atoms with Gasteiger partial charge in [-0.25, -0.2) is 0 Å². The summed E-state index contributed by atoms with van der Waals surface area (Å²) in [5, 5.41) is 0. The van der Waals surface area contributed by atoms with Gasteiger partial charge in [0.25, 0.3) is 0 Å². The van der Waals surface area contributed by atoms with Crippen molar-refractivity contribution in [2.45, 2.75) is 57.5 Å². The SMILES string of the molecule is C=CC[C@H]1C[C@@H](OCc2ccccc2)C[C@@H](CC(C)=O)O1. The molecule has 0 bridgehead atoms. The van der Waals surface area contributed by atoms with E-state index >= 15 is 0 Å². The first-order valence-corrected chi connectivity index (χ1v) is 7.58. The van der Waals surface area contributed by atoms with Gasteiger partial charge in [0.1, 0.15) is 5.78 Å². The van der Waals surface area contributed by atoms with E-state index in [9.17, 15) is 4.79 Å². The third kappa shape index (κ3) is 5.44. The maximum absolute atomic E-state index is 11.3. The molecule has 0 aromatic heterocycles. The van der Waals surface area contributed by atoms with Crippen LogP contribution in [0, 0.1) is 0 Å². The van der Waals surface area contributed by atoms with E-state index in [2.05, 4.69) is 18.7 Å². The molecular formula is C18H24O3. The smallest absolute Gasteiger partial charge is 0.132 e. The Kier molecular flexibility index (Phi) is 6.15. The summed E-state index contributed by atoms with van der Waals surface area (Å²) in [6, 6.07) is 10.2. The largest absolute Gasteiger partial charge is 0.374 e. The van der Waals surface area contributed by atoms with Gasteiger partial charge in [-0.1, -0.05) is 36.4 Å². The summed E-state index contributed by atoms with van der Waals surface area (Å²) in [6.45, 7) is 5.99. The standard InChI is InChI=1S/C18H24O3/c1-3-7-16-11-17(12-18(21-16)10-14(2)19)20-13-15-8-5-4-6-9-15/h3-6,8-9,16-18H,1,7,10-13H2,2H3/t16-,17+,18+/m0/s1. The monoisotopic (exact) mass is 288 g/mol. The van der Waals surface area contributed by atoms with Crippen molar-refractivity contribution < 1.29 is 14.3 Å². The first-order valence-electron chi connectivity index (χ1n) is 7.58. The van der Waals surface area contributed by atoms with Crippen LogP contribution in [0.3, 0.4) is 0 Å². The van der Waals surface area contributed by atoms with E-state index in [0.717, 1.165) is 19.3 Å². The Morgan fingerprint density at radius 2 is 2.05 bits per heavy atom. The van der Waals surface area contributed by atoms with Crippen molar-refractivity contribution in [2.24, 2.45) is 0 Å². The Hall–Kier alpha value is -1.45. The molecule has 3 atom stereocenters. The molecule has 1 fully saturated rings. The number of ether oxygens (including phenoxy) is 2. The minimum atomic E-state index is -0.0260. The predicted octanol–water partition coefficient (Wildman–Crippen LogP) is 3.67. The molecule has 0 saturated carbocycles. The van der Waals surface area contributed by atoms with E-state index in [1.54, 1.807) is 6.92 Å². The second kappa shape index (κ2) is 8.11. The third-order valence-electron chi connectivity index (χ3n) is 3.71. The van der Waals surface area contributed by atoms with Crippen LogP contribution in [0.1, 0.15) is 38.2 Å². The number of hydrogen-bond donors (Lipinski definition) is 0. The van der Waals surface area contributed by atoms with E-state index < -0.39 is 0 Å². The van der Waals surface area contributed by atoms with Crippen molar-refractivity contribution in [1.29, 1.82) is 0 Å². The van der Waals surface area contributed by atoms with Crippen LogP contribution >= 0.6 is 0 Å². The molecule has 1 aromatic rings. The highest BCUT2D eigenvalue weighted by Crippen LogP contribution is 2.27. The highest BCUT2D eigenvalue weighted by Gasteiger charge is 2.30. The molecular weight excluding hydrogens is 264 g/mol. The van der Waals surface area contributed by atoms with Gasteiger partial charge in [0.05, 0.1) is 24.9 Å². The number of ketones is 1. The lowest BCUT2D eigenvalue weighted by Crippen LogP contribution is -2.37. The maximum Gasteiger partial charge on any atom is 0.132 e. The van der Waals surface area contributed by atoms with Crippen molar-refractivity contribution >= 4 is 5.78 Å². The number of hydrogen-bond acceptors (Lipinski definition) is 3. The van der Waals surface area contributed by atoms with Gasteiger partial charge in [0.15, 0.2) is 0 Å². The Balaban J connectivity index is 1.90. The fraction of sp³-hybridized carbons (Fsp3) is 0.500. The van der Waals surface area contributed by atoms with Crippen LogP contribution in [-0.2, 0) is 20.9 Å². The summed E-state index contributed by atoms with van der Waals surface area (Å²) in [5.41, 5.74) is 1.17. The maximum atomic E-state index is 11.3. The molecule has 0 N–H and O–H groups in total. The van der Waals surface area contributed by atoms with E-state index in [1.807, 2.05) is 24.3 Å². The number of Topliss-reactive ketones (excluding diaryl/α,β-unsaturated/α-hetero) is 1. The van der Waals surface area contributed by atoms with Crippen LogP contribution in [0.25, 0.3) is 0 Å². The Morgan fingerprint density at radius 1 is 1.33 bits per heavy atom. The number of rotatable bonds is 7. The van der Waals surface area contributed by atoms with Gasteiger partial charge >= 0.3 is 0 Å². The Morgan fingerprint density at radius 3 is 2.71 bits per heavy atom. The van der Waals surface area contributed by atoms with Crippen LogP contribution < -0.4 is 0 Å². The molecule has 3 heteroatoms. The zero-order valence-electron chi connectivity index (χ0n) is 12.7. The minimum absolute atomic E-state index is 0.0260. The summed E-state index contributed by atoms with van der Waals surface area (Å²) in [7, 11) is 0. The summed E-state index contributed by atoms with van der Waals surface area (Å²) >= 11 is 0. The zero-order chi connectivity index (χ0) is 15.1. The summed E-state index contributed by atoms with van der Waals surface area (Å²) in [6.07, 6.45) is 5.04. The van der Waals surface area contributed by atoms with E-state index in [4.69, 9.17) is 9.47 Å². The lowest BCUT2D eigenvalue weighted by atomic mass is 9.96. The van der Waals surface area contributed by atoms with Gasteiger partial charge in [-0.2, -0.15) is 0 Å². The summed E-state index contributed by atoms with van der Waals surface area (Å²) < 4.78 is 12.0. The molecule has 1 aliphatic heterocycles. The van der Waals surface area contributed by atoms with Gasteiger partial charge in [-0.05, 0) is 18.9 Å². The molecule has 0 aliphatic carbocycles. The predicted molar refractivity (Wildman–Crippen MR) is 83.0 cm³/mol. The van der Waals surface area contributed by atoms with Crippen LogP contribution in [-0.4, -0.2) is 24.1 Å². The lowest BCUT2D eigenvalue weighted by Gasteiger charge is -2.34. The van der Waals surface area contributed by atoms with Gasteiger partial charge in [0, 0.05) is 19.3 Å². The second-order valence-electron chi connectivity index (χ2n) is 5.70. The van der Waals surface area contributed by atoms with Crippen molar-refractivity contribution in [3.63, 3.8) is 0 Å². The van der Waals surface area contributed by atoms with Gasteiger partial charge in [0.2, 0.25) is 0 Å². The Bertz CT molecular complexity index is 455. The molecule has 1 heterocycles. The second-order valence-corrected chi connectivity index (χ2v) is 5.70. The van der Waals surface area contributed by atoms with Gasteiger partial charge < -0.3 is 9.47 Å². The normalized spacial score (nSPS) is 25.5. The Labute approximate surface area is 127 Å². The van der Waals surface area contributed by atoms with Gasteiger partial charge in [-0.3, -0.25) is 4.79 Å². The molecule has 1 saturated heterocycles. The van der Waals surface area contributed by atoms with Crippen LogP contribution in [0.5, 0.6) is 0 Å². The quantitative estimate of drug-likeness (QED) is 0.718. The van der Waals surface area contributed by atoms with Crippen LogP contribution in [0.15, 0.2) is 43.0 Å². The van der Waals surface area contributed by atoms with Crippen molar-refractivity contribution in [2.75, 3.05) is 0 Å². The van der Waals surface area contributed by atoms with E-state index in [-0.39, 0.29) is 24.1 Å². The van der Waals surface area contributed by atoms with Crippen LogP contribution in [0.4, 0.5) is 0 Å². The first kappa shape index (κ1) is 15.9. The fourth-order valence-electron chi connectivity index (χ4n) is 2.78. The molecule has 1 aliphatic rings. The number of benzene rings is 1. The van der Waals surface area contributed by atoms with E-state index in [1.165, 1.54) is 5.56 Å². The van der Waals surface area contributed by atoms with Crippen LogP contribution in [0.2, 0.25) is 0 Å². The third-order valence-corrected chi connectivity index (χ3v) is 3.71. The van der Waals surface area contributed by atoms with Gasteiger partial charge in [-0.15, -0.1) is 6.58 Å². The highest BCUT2D eigenvalue weighted by atomic mass is 16.5. The summed E-state index contributed by atoms with van der Waals surface area (Å²) in [5.74, 6) is 0.168. The average Bonchev–Trinajstić information content (AvgIpc) is 2.46. The zero-order valence-corrected chi connectivity index (χ0v) is 12.7. The molecule has 2 rings (SSSR count). The lowest BCUT2D eigenvalue weighted by molar-refractivity contribution is -0.134. The average molecular weight is 288 g/mol. The topological polar surface area (TPSA) is 35.5 Å². The molecule has 0 spiro atoms. The molecule has 3 nitrogen and oxygen atoms in total. The minimum Gasteiger partial charge on any atom is -0.374 e. The molecule has 0 amide bonds. The van der Waals surface area contributed by atoms with Crippen molar-refractivity contribution in [3.05, 3.63) is 48.6 Å². The van der Waals surface area contributed by atoms with Crippen molar-refractivity contribution in [1.82, 2.24) is 0 Å². The number of carbonyl (C=O) groups is 1. The number of carbonyl (C=O) groups excluding carboxylic acids is 1. The van der Waals surface area contributed by atoms with Crippen molar-refractivity contribution in [3.8, 4) is 0 Å². The molecule has 0 unspecified atom stereocenters. The molecule has 1 aromatic carbocycles. The summed E-state index contributed by atoms with van der Waals surface area (Å²) in [4.78, 5) is 11.3. The highest BCUT2D eigenvalue weighted by molar-refractivity contribution is 5.75. The fourth-order valence-corrected chi connectivity index (χ4v) is 2.78. The first-order chi connectivity index (χ1) is 10.2. The molecule has 0 radical (unpaired) electrons. The molecule has 114 valence electrons. The van der Waals surface area contributed by atoms with E-state index in [0.29, 0.717) is 13.0 Å².